The largest absolute Gasteiger partial charge is 0.351 e. The molecule has 4 aromatic rings. The van der Waals surface area contributed by atoms with Gasteiger partial charge < -0.3 is 10.6 Å². The number of rotatable bonds is 11. The van der Waals surface area contributed by atoms with E-state index in [4.69, 9.17) is 0 Å². The van der Waals surface area contributed by atoms with Crippen LogP contribution in [0.5, 0.6) is 0 Å². The smallest absolute Gasteiger partial charge is 0.331 e. The first kappa shape index (κ1) is 26.1. The van der Waals surface area contributed by atoms with Crippen LogP contribution in [0.15, 0.2) is 75.6 Å². The number of fused-ring (bicyclic) bond motifs is 1. The Hall–Kier alpha value is -3.98. The molecule has 0 saturated heterocycles. The maximum Gasteiger partial charge on any atom is 0.331 e. The van der Waals surface area contributed by atoms with Crippen molar-refractivity contribution in [2.24, 2.45) is 0 Å². The minimum absolute atomic E-state index is 0.0690. The molecule has 4 rings (SSSR count). The second-order valence-corrected chi connectivity index (χ2v) is 9.79. The van der Waals surface area contributed by atoms with E-state index in [-0.39, 0.29) is 24.9 Å². The van der Waals surface area contributed by atoms with Crippen molar-refractivity contribution in [1.29, 1.82) is 0 Å². The number of anilines is 1. The molecule has 2 amide bonds. The van der Waals surface area contributed by atoms with Crippen molar-refractivity contribution >= 4 is 39.7 Å². The molecular weight excluding hydrogens is 488 g/mol. The summed E-state index contributed by atoms with van der Waals surface area (Å²) in [7, 11) is 0. The van der Waals surface area contributed by atoms with Crippen molar-refractivity contribution in [3.63, 3.8) is 0 Å². The monoisotopic (exact) mass is 518 g/mol. The standard InChI is InChI=1S/C28H30N4O4S/c1-2-20-9-7-10-21(17-20)30-26(34)19-32-24-13-4-3-12-23(24)27(35)31(28(32)36)15-6-5-14-25(33)29-18-22-11-8-16-37-22/h3-4,7-13,16-17H,2,5-6,14-15,18-19H2,1H3,(H,29,33)(H,30,34). The zero-order valence-electron chi connectivity index (χ0n) is 20.7. The lowest BCUT2D eigenvalue weighted by Crippen LogP contribution is -2.41. The van der Waals surface area contributed by atoms with Crippen LogP contribution in [0.4, 0.5) is 5.69 Å². The van der Waals surface area contributed by atoms with Crippen LogP contribution in [0.25, 0.3) is 10.9 Å². The normalized spacial score (nSPS) is 10.9. The molecule has 192 valence electrons. The van der Waals surface area contributed by atoms with Gasteiger partial charge in [0.05, 0.1) is 17.4 Å². The molecule has 0 radical (unpaired) electrons. The van der Waals surface area contributed by atoms with Crippen molar-refractivity contribution in [2.45, 2.75) is 52.2 Å². The predicted molar refractivity (Wildman–Crippen MR) is 147 cm³/mol. The number of carbonyl (C=O) groups is 2. The van der Waals surface area contributed by atoms with Crippen LogP contribution >= 0.6 is 11.3 Å². The lowest BCUT2D eigenvalue weighted by atomic mass is 10.1. The Morgan fingerprint density at radius 2 is 1.76 bits per heavy atom. The van der Waals surface area contributed by atoms with Crippen LogP contribution in [0.1, 0.15) is 36.6 Å². The summed E-state index contributed by atoms with van der Waals surface area (Å²) >= 11 is 1.58. The highest BCUT2D eigenvalue weighted by atomic mass is 32.1. The molecule has 2 heterocycles. The molecule has 0 aliphatic rings. The van der Waals surface area contributed by atoms with E-state index in [1.165, 1.54) is 4.57 Å². The number of aromatic nitrogens is 2. The molecule has 2 aromatic carbocycles. The molecule has 37 heavy (non-hydrogen) atoms. The van der Waals surface area contributed by atoms with Crippen molar-refractivity contribution < 1.29 is 9.59 Å². The highest BCUT2D eigenvalue weighted by Gasteiger charge is 2.15. The second-order valence-electron chi connectivity index (χ2n) is 8.76. The van der Waals surface area contributed by atoms with Gasteiger partial charge in [-0.1, -0.05) is 37.3 Å². The van der Waals surface area contributed by atoms with Crippen molar-refractivity contribution in [1.82, 2.24) is 14.5 Å². The summed E-state index contributed by atoms with van der Waals surface area (Å²) in [6.45, 7) is 2.48. The summed E-state index contributed by atoms with van der Waals surface area (Å²) < 4.78 is 2.50. The van der Waals surface area contributed by atoms with Crippen LogP contribution in [0.3, 0.4) is 0 Å². The maximum atomic E-state index is 13.3. The lowest BCUT2D eigenvalue weighted by Gasteiger charge is -2.14. The topological polar surface area (TPSA) is 102 Å². The molecule has 9 heteroatoms. The van der Waals surface area contributed by atoms with Crippen molar-refractivity contribution in [3.8, 4) is 0 Å². The number of amides is 2. The number of carbonyl (C=O) groups excluding carboxylic acids is 2. The number of nitrogens with zero attached hydrogens (tertiary/aromatic N) is 2. The Bertz CT molecular complexity index is 1500. The van der Waals surface area contributed by atoms with Crippen molar-refractivity contribution in [2.75, 3.05) is 5.32 Å². The first-order chi connectivity index (χ1) is 18.0. The number of para-hydroxylation sites is 1. The van der Waals surface area contributed by atoms with E-state index >= 15 is 0 Å². The van der Waals surface area contributed by atoms with E-state index in [2.05, 4.69) is 10.6 Å². The second kappa shape index (κ2) is 12.3. The molecule has 0 spiro atoms. The Morgan fingerprint density at radius 1 is 0.919 bits per heavy atom. The third-order valence-corrected chi connectivity index (χ3v) is 7.00. The summed E-state index contributed by atoms with van der Waals surface area (Å²) in [6.07, 6.45) is 2.16. The number of hydrogen-bond acceptors (Lipinski definition) is 5. The highest BCUT2D eigenvalue weighted by molar-refractivity contribution is 7.09. The fraction of sp³-hybridized carbons (Fsp3) is 0.286. The van der Waals surface area contributed by atoms with E-state index in [1.807, 2.05) is 42.6 Å². The molecule has 2 N–H and O–H groups in total. The van der Waals surface area contributed by atoms with Crippen LogP contribution < -0.4 is 21.9 Å². The van der Waals surface area contributed by atoms with Gasteiger partial charge in [0.15, 0.2) is 0 Å². The quantitative estimate of drug-likeness (QED) is 0.294. The summed E-state index contributed by atoms with van der Waals surface area (Å²) in [5.74, 6) is -0.423. The average Bonchev–Trinajstić information content (AvgIpc) is 3.43. The van der Waals surface area contributed by atoms with E-state index in [1.54, 1.807) is 41.7 Å². The highest BCUT2D eigenvalue weighted by Crippen LogP contribution is 2.13. The molecule has 0 atom stereocenters. The number of thiophene rings is 1. The van der Waals surface area contributed by atoms with E-state index in [0.717, 1.165) is 21.4 Å². The molecule has 0 aliphatic carbocycles. The number of nitrogens with one attached hydrogen (secondary N) is 2. The van der Waals surface area contributed by atoms with Gasteiger partial charge >= 0.3 is 5.69 Å². The Morgan fingerprint density at radius 3 is 2.54 bits per heavy atom. The minimum atomic E-state index is -0.539. The maximum absolute atomic E-state index is 13.3. The molecule has 0 saturated carbocycles. The fourth-order valence-corrected chi connectivity index (χ4v) is 4.82. The lowest BCUT2D eigenvalue weighted by molar-refractivity contribution is -0.121. The van der Waals surface area contributed by atoms with Gasteiger partial charge in [0.25, 0.3) is 5.56 Å². The van der Waals surface area contributed by atoms with Crippen LogP contribution in [0, 0.1) is 0 Å². The molecular formula is C28H30N4O4S. The molecule has 2 aromatic heterocycles. The Labute approximate surface area is 218 Å². The average molecular weight is 519 g/mol. The molecule has 0 unspecified atom stereocenters. The summed E-state index contributed by atoms with van der Waals surface area (Å²) in [4.78, 5) is 52.5. The Kier molecular flexibility index (Phi) is 8.68. The van der Waals surface area contributed by atoms with Gasteiger partial charge in [0.2, 0.25) is 11.8 Å². The molecule has 0 bridgehead atoms. The van der Waals surface area contributed by atoms with Gasteiger partial charge in [0.1, 0.15) is 6.54 Å². The third-order valence-electron chi connectivity index (χ3n) is 6.13. The van der Waals surface area contributed by atoms with E-state index < -0.39 is 11.2 Å². The summed E-state index contributed by atoms with van der Waals surface area (Å²) in [5, 5.41) is 8.06. The zero-order chi connectivity index (χ0) is 26.2. The summed E-state index contributed by atoms with van der Waals surface area (Å²) in [5.41, 5.74) is 1.24. The molecule has 0 fully saturated rings. The van der Waals surface area contributed by atoms with Crippen LogP contribution in [-0.4, -0.2) is 20.9 Å². The van der Waals surface area contributed by atoms with Gasteiger partial charge in [-0.2, -0.15) is 0 Å². The SMILES string of the molecule is CCc1cccc(NC(=O)Cn2c(=O)n(CCCCC(=O)NCc3cccs3)c(=O)c3ccccc32)c1. The van der Waals surface area contributed by atoms with Gasteiger partial charge in [0, 0.05) is 23.5 Å². The number of benzene rings is 2. The van der Waals surface area contributed by atoms with Crippen LogP contribution in [0.2, 0.25) is 0 Å². The van der Waals surface area contributed by atoms with E-state index in [9.17, 15) is 19.2 Å². The predicted octanol–water partition coefficient (Wildman–Crippen LogP) is 3.91. The summed E-state index contributed by atoms with van der Waals surface area (Å²) in [6, 6.07) is 18.3. The van der Waals surface area contributed by atoms with Gasteiger partial charge in [-0.25, -0.2) is 4.79 Å². The van der Waals surface area contributed by atoms with E-state index in [0.29, 0.717) is 42.4 Å². The van der Waals surface area contributed by atoms with Crippen LogP contribution in [-0.2, 0) is 35.6 Å². The fourth-order valence-electron chi connectivity index (χ4n) is 4.18. The number of aryl methyl sites for hydroxylation is 1. The molecule has 0 aliphatic heterocycles. The van der Waals surface area contributed by atoms with Gasteiger partial charge in [-0.3, -0.25) is 23.5 Å². The minimum Gasteiger partial charge on any atom is -0.351 e. The first-order valence-corrected chi connectivity index (χ1v) is 13.2. The van der Waals surface area contributed by atoms with Gasteiger partial charge in [-0.15, -0.1) is 11.3 Å². The number of unbranched alkanes of at least 4 members (excludes halogenated alkanes) is 1. The third kappa shape index (κ3) is 6.62. The van der Waals surface area contributed by atoms with Crippen molar-refractivity contribution in [3.05, 3.63) is 97.3 Å². The van der Waals surface area contributed by atoms with Gasteiger partial charge in [-0.05, 0) is 60.5 Å². The Balaban J connectivity index is 1.45. The molecule has 8 nitrogen and oxygen atoms in total. The zero-order valence-corrected chi connectivity index (χ0v) is 21.6. The number of hydrogen-bond donors (Lipinski definition) is 2. The first-order valence-electron chi connectivity index (χ1n) is 12.4.